The van der Waals surface area contributed by atoms with Crippen LogP contribution in [0.3, 0.4) is 0 Å². The molecule has 2 aromatic carbocycles. The minimum atomic E-state index is -0.560. The van der Waals surface area contributed by atoms with Crippen LogP contribution < -0.4 is 14.8 Å². The van der Waals surface area contributed by atoms with E-state index >= 15 is 0 Å². The van der Waals surface area contributed by atoms with Gasteiger partial charge in [-0.05, 0) is 42.8 Å². The Morgan fingerprint density at radius 2 is 2.00 bits per heavy atom. The molecule has 0 unspecified atom stereocenters. The van der Waals surface area contributed by atoms with Gasteiger partial charge in [-0.2, -0.15) is 0 Å². The average molecular weight is 351 g/mol. The standard InChI is InChI=1S/C17H15F2NO3S/c1-10(24-16-7-12(18)3-4-13(16)19)17(21)20-8-11-2-5-14-15(6-11)23-9-22-14/h2-7,10H,8-9H2,1H3,(H,20,21)/t10-/m1/s1. The van der Waals surface area contributed by atoms with E-state index in [4.69, 9.17) is 9.47 Å². The number of hydrogen-bond acceptors (Lipinski definition) is 4. The lowest BCUT2D eigenvalue weighted by Crippen LogP contribution is -2.30. The second-order valence-corrected chi connectivity index (χ2v) is 6.62. The van der Waals surface area contributed by atoms with Crippen LogP contribution >= 0.6 is 11.8 Å². The molecular weight excluding hydrogens is 336 g/mol. The van der Waals surface area contributed by atoms with Gasteiger partial charge in [-0.25, -0.2) is 8.78 Å². The number of nitrogens with one attached hydrogen (secondary N) is 1. The van der Waals surface area contributed by atoms with Gasteiger partial charge in [-0.15, -0.1) is 11.8 Å². The van der Waals surface area contributed by atoms with Gasteiger partial charge in [0, 0.05) is 11.4 Å². The van der Waals surface area contributed by atoms with Gasteiger partial charge in [0.25, 0.3) is 0 Å². The summed E-state index contributed by atoms with van der Waals surface area (Å²) in [5.74, 6) is -0.0217. The lowest BCUT2D eigenvalue weighted by atomic mass is 10.2. The molecular formula is C17H15F2NO3S. The summed E-state index contributed by atoms with van der Waals surface area (Å²) >= 11 is 0.976. The third-order valence-corrected chi connectivity index (χ3v) is 4.60. The van der Waals surface area contributed by atoms with Crippen molar-refractivity contribution in [3.63, 3.8) is 0 Å². The van der Waals surface area contributed by atoms with Crippen LogP contribution in [0.1, 0.15) is 12.5 Å². The number of rotatable bonds is 5. The van der Waals surface area contributed by atoms with Crippen molar-refractivity contribution in [1.82, 2.24) is 5.32 Å². The zero-order chi connectivity index (χ0) is 17.1. The van der Waals surface area contributed by atoms with Gasteiger partial charge < -0.3 is 14.8 Å². The minimum absolute atomic E-state index is 0.112. The van der Waals surface area contributed by atoms with Crippen LogP contribution in [0.4, 0.5) is 8.78 Å². The lowest BCUT2D eigenvalue weighted by Gasteiger charge is -2.13. The first-order valence-electron chi connectivity index (χ1n) is 7.31. The van der Waals surface area contributed by atoms with Crippen LogP contribution in [0.2, 0.25) is 0 Å². The Morgan fingerprint density at radius 1 is 1.21 bits per heavy atom. The van der Waals surface area contributed by atoms with E-state index in [2.05, 4.69) is 5.32 Å². The van der Waals surface area contributed by atoms with Crippen LogP contribution in [-0.4, -0.2) is 18.0 Å². The number of thioether (sulfide) groups is 1. The highest BCUT2D eigenvalue weighted by molar-refractivity contribution is 8.00. The smallest absolute Gasteiger partial charge is 0.233 e. The van der Waals surface area contributed by atoms with E-state index in [-0.39, 0.29) is 17.6 Å². The maximum atomic E-state index is 13.6. The molecule has 0 bridgehead atoms. The van der Waals surface area contributed by atoms with Crippen LogP contribution in [0.15, 0.2) is 41.3 Å². The monoisotopic (exact) mass is 351 g/mol. The van der Waals surface area contributed by atoms with E-state index in [0.29, 0.717) is 18.0 Å². The van der Waals surface area contributed by atoms with E-state index in [1.807, 2.05) is 6.07 Å². The normalized spacial score (nSPS) is 13.6. The summed E-state index contributed by atoms with van der Waals surface area (Å²) in [6.07, 6.45) is 0. The van der Waals surface area contributed by atoms with Crippen molar-refractivity contribution in [2.24, 2.45) is 0 Å². The highest BCUT2D eigenvalue weighted by Crippen LogP contribution is 2.32. The molecule has 0 saturated heterocycles. The summed E-state index contributed by atoms with van der Waals surface area (Å²) in [6, 6.07) is 8.59. The molecule has 0 radical (unpaired) electrons. The van der Waals surface area contributed by atoms with Gasteiger partial charge in [-0.1, -0.05) is 6.07 Å². The molecule has 1 N–H and O–H groups in total. The van der Waals surface area contributed by atoms with Gasteiger partial charge in [0.05, 0.1) is 5.25 Å². The quantitative estimate of drug-likeness (QED) is 0.838. The third-order valence-electron chi connectivity index (χ3n) is 3.47. The molecule has 1 amide bonds. The Labute approximate surface area is 142 Å². The zero-order valence-corrected chi connectivity index (χ0v) is 13.7. The van der Waals surface area contributed by atoms with E-state index in [9.17, 15) is 13.6 Å². The summed E-state index contributed by atoms with van der Waals surface area (Å²) < 4.78 is 37.3. The molecule has 0 aromatic heterocycles. The van der Waals surface area contributed by atoms with Crippen molar-refractivity contribution in [2.75, 3.05) is 6.79 Å². The number of carbonyl (C=O) groups excluding carboxylic acids is 1. The number of ether oxygens (including phenoxy) is 2. The van der Waals surface area contributed by atoms with E-state index in [0.717, 1.165) is 35.5 Å². The molecule has 7 heteroatoms. The first kappa shape index (κ1) is 16.6. The highest BCUT2D eigenvalue weighted by atomic mass is 32.2. The fraction of sp³-hybridized carbons (Fsp3) is 0.235. The Hall–Kier alpha value is -2.28. The van der Waals surface area contributed by atoms with E-state index < -0.39 is 16.9 Å². The van der Waals surface area contributed by atoms with Crippen molar-refractivity contribution >= 4 is 17.7 Å². The lowest BCUT2D eigenvalue weighted by molar-refractivity contribution is -0.120. The third kappa shape index (κ3) is 3.79. The fourth-order valence-electron chi connectivity index (χ4n) is 2.20. The van der Waals surface area contributed by atoms with E-state index in [1.165, 1.54) is 0 Å². The molecule has 1 atom stereocenters. The maximum Gasteiger partial charge on any atom is 0.233 e. The Morgan fingerprint density at radius 3 is 2.83 bits per heavy atom. The number of halogens is 2. The summed E-state index contributed by atoms with van der Waals surface area (Å²) in [5.41, 5.74) is 0.863. The van der Waals surface area contributed by atoms with Crippen molar-refractivity contribution in [1.29, 1.82) is 0 Å². The van der Waals surface area contributed by atoms with Crippen LogP contribution in [-0.2, 0) is 11.3 Å². The predicted molar refractivity (Wildman–Crippen MR) is 86.1 cm³/mol. The zero-order valence-electron chi connectivity index (χ0n) is 12.8. The number of fused-ring (bicyclic) bond motifs is 1. The van der Waals surface area contributed by atoms with Gasteiger partial charge in [0.15, 0.2) is 11.5 Å². The first-order chi connectivity index (χ1) is 11.5. The summed E-state index contributed by atoms with van der Waals surface area (Å²) in [5, 5.41) is 2.21. The largest absolute Gasteiger partial charge is 0.454 e. The fourth-order valence-corrected chi connectivity index (χ4v) is 3.13. The molecule has 3 rings (SSSR count). The van der Waals surface area contributed by atoms with Gasteiger partial charge >= 0.3 is 0 Å². The molecule has 1 aliphatic heterocycles. The number of amides is 1. The Balaban J connectivity index is 1.57. The van der Waals surface area contributed by atoms with Crippen molar-refractivity contribution < 1.29 is 23.0 Å². The average Bonchev–Trinajstić information content (AvgIpc) is 3.03. The van der Waals surface area contributed by atoms with Crippen LogP contribution in [0, 0.1) is 11.6 Å². The second kappa shape index (κ2) is 7.09. The molecule has 0 aliphatic carbocycles. The molecule has 0 spiro atoms. The van der Waals surface area contributed by atoms with Gasteiger partial charge in [0.2, 0.25) is 12.7 Å². The molecule has 4 nitrogen and oxygen atoms in total. The molecule has 24 heavy (non-hydrogen) atoms. The molecule has 1 aliphatic rings. The molecule has 1 heterocycles. The Kier molecular flexibility index (Phi) is 4.89. The van der Waals surface area contributed by atoms with Crippen LogP contribution in [0.25, 0.3) is 0 Å². The second-order valence-electron chi connectivity index (χ2n) is 5.24. The van der Waals surface area contributed by atoms with Crippen molar-refractivity contribution in [3.8, 4) is 11.5 Å². The summed E-state index contributed by atoms with van der Waals surface area (Å²) in [4.78, 5) is 12.3. The minimum Gasteiger partial charge on any atom is -0.454 e. The predicted octanol–water partition coefficient (Wildman–Crippen LogP) is 3.49. The number of hydrogen-bond donors (Lipinski definition) is 1. The van der Waals surface area contributed by atoms with Crippen molar-refractivity contribution in [3.05, 3.63) is 53.6 Å². The first-order valence-corrected chi connectivity index (χ1v) is 8.19. The van der Waals surface area contributed by atoms with Gasteiger partial charge in [-0.3, -0.25) is 4.79 Å². The molecule has 0 saturated carbocycles. The maximum absolute atomic E-state index is 13.6. The molecule has 126 valence electrons. The molecule has 0 fully saturated rings. The summed E-state index contributed by atoms with van der Waals surface area (Å²) in [6.45, 7) is 2.15. The Bertz CT molecular complexity index is 769. The summed E-state index contributed by atoms with van der Waals surface area (Å²) in [7, 11) is 0. The highest BCUT2D eigenvalue weighted by Gasteiger charge is 2.18. The number of carbonyl (C=O) groups is 1. The van der Waals surface area contributed by atoms with E-state index in [1.54, 1.807) is 19.1 Å². The van der Waals surface area contributed by atoms with Gasteiger partial charge in [0.1, 0.15) is 11.6 Å². The van der Waals surface area contributed by atoms with Crippen molar-refractivity contribution in [2.45, 2.75) is 23.6 Å². The van der Waals surface area contributed by atoms with Crippen LogP contribution in [0.5, 0.6) is 11.5 Å². The number of benzene rings is 2. The SMILES string of the molecule is C[C@@H](Sc1cc(F)ccc1F)C(=O)NCc1ccc2c(c1)OCO2. The topological polar surface area (TPSA) is 47.6 Å². The molecule has 2 aromatic rings.